The summed E-state index contributed by atoms with van der Waals surface area (Å²) in [5, 5.41) is 0. The summed E-state index contributed by atoms with van der Waals surface area (Å²) in [4.78, 5) is 0. The molecule has 0 aliphatic carbocycles. The number of rotatable bonds is 2. The molecule has 18 heavy (non-hydrogen) atoms. The lowest BCUT2D eigenvalue weighted by Crippen LogP contribution is -2.21. The van der Waals surface area contributed by atoms with E-state index >= 15 is 0 Å². The van der Waals surface area contributed by atoms with Crippen molar-refractivity contribution in [1.29, 1.82) is 0 Å². The van der Waals surface area contributed by atoms with Crippen molar-refractivity contribution in [3.63, 3.8) is 0 Å². The van der Waals surface area contributed by atoms with Gasteiger partial charge in [-0.2, -0.15) is 34.8 Å². The third-order valence-corrected chi connectivity index (χ3v) is 2.37. The van der Waals surface area contributed by atoms with Crippen molar-refractivity contribution in [2.24, 2.45) is 0 Å². The third kappa shape index (κ3) is 24.8. The molecular weight excluding hydrogens is 342 g/mol. The van der Waals surface area contributed by atoms with E-state index in [1.165, 1.54) is 0 Å². The lowest BCUT2D eigenvalue weighted by atomic mass is 10.8. The predicted molar refractivity (Wildman–Crippen MR) is 48.2 cm³/mol. The fraction of sp³-hybridized carbons (Fsp3) is 1.00. The summed E-state index contributed by atoms with van der Waals surface area (Å²) in [7, 11) is -5.07. The lowest BCUT2D eigenvalue weighted by Gasteiger charge is -2.00. The van der Waals surface area contributed by atoms with E-state index in [4.69, 9.17) is 4.55 Å². The molecule has 0 amide bonds. The highest BCUT2D eigenvalue weighted by molar-refractivity contribution is 8.13. The molecule has 0 saturated carbocycles. The number of alkyl halides is 6. The predicted octanol–water partition coefficient (Wildman–Crippen LogP) is 1.55. The van der Waals surface area contributed by atoms with Crippen LogP contribution in [0, 0.1) is 0 Å². The number of hydrogen-bond acceptors (Lipinski definition) is 4. The quantitative estimate of drug-likeness (QED) is 0.465. The van der Waals surface area contributed by atoms with Crippen molar-refractivity contribution in [2.75, 3.05) is 11.5 Å². The van der Waals surface area contributed by atoms with Crippen LogP contribution in [0.2, 0.25) is 0 Å². The Hall–Kier alpha value is -0.270. The van der Waals surface area contributed by atoms with Crippen LogP contribution in [-0.2, 0) is 19.2 Å². The molecule has 0 rings (SSSR count). The highest BCUT2D eigenvalue weighted by atomic mass is 35.7. The number of hydrogen-bond donors (Lipinski definition) is 1. The molecule has 0 spiro atoms. The van der Waals surface area contributed by atoms with Crippen molar-refractivity contribution < 1.29 is 47.7 Å². The molecule has 0 fully saturated rings. The van der Waals surface area contributed by atoms with Crippen molar-refractivity contribution in [2.45, 2.75) is 12.4 Å². The second-order valence-corrected chi connectivity index (χ2v) is 6.87. The zero-order valence-corrected chi connectivity index (χ0v) is 10.3. The van der Waals surface area contributed by atoms with Crippen LogP contribution in [0.15, 0.2) is 0 Å². The maximum Gasteiger partial charge on any atom is 0.405 e. The molecule has 1 N–H and O–H groups in total. The van der Waals surface area contributed by atoms with Gasteiger partial charge < -0.3 is 0 Å². The first-order chi connectivity index (χ1) is 7.41. The Labute approximate surface area is 102 Å². The van der Waals surface area contributed by atoms with Crippen LogP contribution in [0.3, 0.4) is 0 Å². The maximum absolute atomic E-state index is 11.1. The van der Waals surface area contributed by atoms with Gasteiger partial charge in [0, 0.05) is 10.7 Å². The van der Waals surface area contributed by atoms with Gasteiger partial charge in [0.15, 0.2) is 11.5 Å². The molecule has 0 bridgehead atoms. The fourth-order valence-corrected chi connectivity index (χ4v) is 1.58. The van der Waals surface area contributed by atoms with Gasteiger partial charge in [-0.05, 0) is 0 Å². The molecule has 0 radical (unpaired) electrons. The molecule has 0 atom stereocenters. The monoisotopic (exact) mass is 346 g/mol. The van der Waals surface area contributed by atoms with Gasteiger partial charge in [-0.1, -0.05) is 0 Å². The highest BCUT2D eigenvalue weighted by Gasteiger charge is 2.34. The fourth-order valence-electron chi connectivity index (χ4n) is 0.402. The van der Waals surface area contributed by atoms with E-state index in [0.717, 1.165) is 0 Å². The standard InChI is InChI=1S/C2H2ClF3O2S.C2H3F3O3S/c3-9(7,8)1-2(4,5)6;3-2(4,5)1-9(6,7)8/h1H2;1H2,(H,6,7,8). The smallest absolute Gasteiger partial charge is 0.285 e. The Morgan fingerprint density at radius 3 is 1.11 bits per heavy atom. The maximum atomic E-state index is 11.1. The van der Waals surface area contributed by atoms with Crippen LogP contribution in [0.1, 0.15) is 0 Å². The van der Waals surface area contributed by atoms with Crippen molar-refractivity contribution in [1.82, 2.24) is 0 Å². The van der Waals surface area contributed by atoms with E-state index in [0.29, 0.717) is 0 Å². The van der Waals surface area contributed by atoms with Crippen molar-refractivity contribution in [3.05, 3.63) is 0 Å². The topological polar surface area (TPSA) is 88.5 Å². The minimum atomic E-state index is -4.91. The average molecular weight is 347 g/mol. The van der Waals surface area contributed by atoms with E-state index in [1.807, 2.05) is 0 Å². The molecule has 0 aliphatic rings. The van der Waals surface area contributed by atoms with Gasteiger partial charge in [0.1, 0.15) is 0 Å². The summed E-state index contributed by atoms with van der Waals surface area (Å²) >= 11 is 0. The van der Waals surface area contributed by atoms with Gasteiger partial charge >= 0.3 is 12.4 Å². The molecular formula is C4H5ClF6O5S2. The van der Waals surface area contributed by atoms with Gasteiger partial charge in [0.2, 0.25) is 9.05 Å². The van der Waals surface area contributed by atoms with E-state index < -0.39 is 43.0 Å². The van der Waals surface area contributed by atoms with Crippen LogP contribution in [0.25, 0.3) is 0 Å². The molecule has 0 saturated heterocycles. The normalized spacial score (nSPS) is 13.8. The molecule has 0 aromatic rings. The van der Waals surface area contributed by atoms with Crippen molar-refractivity contribution in [3.8, 4) is 0 Å². The zero-order chi connectivity index (χ0) is 15.4. The minimum Gasteiger partial charge on any atom is -0.285 e. The summed E-state index contributed by atoms with van der Waals surface area (Å²) in [6, 6.07) is 0. The summed E-state index contributed by atoms with van der Waals surface area (Å²) < 4.78 is 112. The molecule has 112 valence electrons. The summed E-state index contributed by atoms with van der Waals surface area (Å²) in [6.45, 7) is 0. The van der Waals surface area contributed by atoms with Crippen LogP contribution < -0.4 is 0 Å². The first-order valence-corrected chi connectivity index (χ1v) is 7.51. The van der Waals surface area contributed by atoms with Gasteiger partial charge in [0.25, 0.3) is 10.1 Å². The van der Waals surface area contributed by atoms with Gasteiger partial charge in [-0.25, -0.2) is 8.42 Å². The number of halogens is 7. The molecule has 0 unspecified atom stereocenters. The molecule has 5 nitrogen and oxygen atoms in total. The first-order valence-electron chi connectivity index (χ1n) is 3.42. The van der Waals surface area contributed by atoms with Gasteiger partial charge in [-0.15, -0.1) is 0 Å². The van der Waals surface area contributed by atoms with E-state index in [1.54, 1.807) is 0 Å². The first kappa shape index (κ1) is 20.1. The van der Waals surface area contributed by atoms with Crippen LogP contribution in [-0.4, -0.2) is 45.2 Å². The third-order valence-electron chi connectivity index (χ3n) is 0.682. The van der Waals surface area contributed by atoms with Crippen LogP contribution in [0.5, 0.6) is 0 Å². The Morgan fingerprint density at radius 2 is 1.11 bits per heavy atom. The van der Waals surface area contributed by atoms with E-state index in [9.17, 15) is 43.2 Å². The second-order valence-electron chi connectivity index (χ2n) is 2.64. The van der Waals surface area contributed by atoms with Crippen molar-refractivity contribution >= 4 is 29.9 Å². The van der Waals surface area contributed by atoms with E-state index in [-0.39, 0.29) is 0 Å². The molecule has 0 heterocycles. The molecule has 14 heteroatoms. The molecule has 0 aliphatic heterocycles. The highest BCUT2D eigenvalue weighted by Crippen LogP contribution is 2.18. The van der Waals surface area contributed by atoms with Crippen LogP contribution in [0.4, 0.5) is 26.3 Å². The average Bonchev–Trinajstić information content (AvgIpc) is 1.64. The van der Waals surface area contributed by atoms with Crippen LogP contribution >= 0.6 is 10.7 Å². The Bertz CT molecular complexity index is 403. The SMILES string of the molecule is O=S(=O)(Cl)CC(F)(F)F.O=S(=O)(O)CC(F)(F)F. The van der Waals surface area contributed by atoms with Gasteiger partial charge in [-0.3, -0.25) is 4.55 Å². The Morgan fingerprint density at radius 1 is 0.833 bits per heavy atom. The summed E-state index contributed by atoms with van der Waals surface area (Å²) in [5.41, 5.74) is 0. The van der Waals surface area contributed by atoms with E-state index in [2.05, 4.69) is 10.7 Å². The van der Waals surface area contributed by atoms with Gasteiger partial charge in [0.05, 0.1) is 0 Å². The summed E-state index contributed by atoms with van der Waals surface area (Å²) in [5.74, 6) is -4.15. The largest absolute Gasteiger partial charge is 0.405 e. The zero-order valence-electron chi connectivity index (χ0n) is 7.96. The lowest BCUT2D eigenvalue weighted by molar-refractivity contribution is -0.107. The second kappa shape index (κ2) is 6.25. The summed E-state index contributed by atoms with van der Waals surface area (Å²) in [6.07, 6.45) is -9.59. The Balaban J connectivity index is 0. The minimum absolute atomic E-state index is 1.97. The molecule has 0 aromatic carbocycles. The molecule has 0 aromatic heterocycles. The Kier molecular flexibility index (Phi) is 6.97.